The summed E-state index contributed by atoms with van der Waals surface area (Å²) in [5, 5.41) is 20.9. The van der Waals surface area contributed by atoms with Crippen LogP contribution in [0.5, 0.6) is 11.5 Å². The number of phenols is 2. The SMILES string of the molecule is C#Cc1cccc2c1C(c1cc(C)c(O)c(N)c1)(c1cc(C)c(O)c(N)c1)c1ccccc1-2. The van der Waals surface area contributed by atoms with E-state index in [1.165, 1.54) is 0 Å². The molecule has 0 saturated carbocycles. The fourth-order valence-electron chi connectivity index (χ4n) is 5.29. The third-order valence-corrected chi connectivity index (χ3v) is 6.74. The number of terminal acetylenes is 1. The Balaban J connectivity index is 2.06. The van der Waals surface area contributed by atoms with Crippen LogP contribution < -0.4 is 11.5 Å². The maximum atomic E-state index is 10.4. The second kappa shape index (κ2) is 7.08. The second-order valence-corrected chi connectivity index (χ2v) is 8.63. The van der Waals surface area contributed by atoms with Crippen molar-refractivity contribution in [3.05, 3.63) is 106 Å². The third kappa shape index (κ3) is 2.66. The van der Waals surface area contributed by atoms with Gasteiger partial charge in [0, 0.05) is 5.56 Å². The first-order chi connectivity index (χ1) is 15.8. The summed E-state index contributed by atoms with van der Waals surface area (Å²) in [5.74, 6) is 3.00. The summed E-state index contributed by atoms with van der Waals surface area (Å²) in [4.78, 5) is 0. The van der Waals surface area contributed by atoms with E-state index in [0.717, 1.165) is 38.9 Å². The number of nitrogen functional groups attached to an aromatic ring is 2. The van der Waals surface area contributed by atoms with Gasteiger partial charge in [0.15, 0.2) is 0 Å². The molecule has 6 N–H and O–H groups in total. The maximum Gasteiger partial charge on any atom is 0.141 e. The summed E-state index contributed by atoms with van der Waals surface area (Å²) in [6.45, 7) is 3.66. The molecule has 4 aromatic rings. The van der Waals surface area contributed by atoms with Gasteiger partial charge in [-0.25, -0.2) is 0 Å². The molecule has 33 heavy (non-hydrogen) atoms. The second-order valence-electron chi connectivity index (χ2n) is 8.63. The van der Waals surface area contributed by atoms with Crippen LogP contribution in [0.2, 0.25) is 0 Å². The zero-order chi connectivity index (χ0) is 23.5. The van der Waals surface area contributed by atoms with Crippen LogP contribution in [-0.2, 0) is 5.41 Å². The van der Waals surface area contributed by atoms with Gasteiger partial charge < -0.3 is 21.7 Å². The highest BCUT2D eigenvalue weighted by atomic mass is 16.3. The van der Waals surface area contributed by atoms with Crippen molar-refractivity contribution >= 4 is 11.4 Å². The molecule has 4 nitrogen and oxygen atoms in total. The fourth-order valence-corrected chi connectivity index (χ4v) is 5.29. The number of fused-ring (bicyclic) bond motifs is 3. The minimum atomic E-state index is -0.839. The number of hydrogen-bond acceptors (Lipinski definition) is 4. The van der Waals surface area contributed by atoms with Gasteiger partial charge in [0.05, 0.1) is 16.8 Å². The highest BCUT2D eigenvalue weighted by molar-refractivity contribution is 5.89. The monoisotopic (exact) mass is 432 g/mol. The van der Waals surface area contributed by atoms with Crippen molar-refractivity contribution < 1.29 is 10.2 Å². The molecule has 0 saturated heterocycles. The number of nitrogens with two attached hydrogens (primary N) is 2. The van der Waals surface area contributed by atoms with E-state index < -0.39 is 5.41 Å². The van der Waals surface area contributed by atoms with E-state index in [2.05, 4.69) is 24.1 Å². The zero-order valence-electron chi connectivity index (χ0n) is 18.5. The highest BCUT2D eigenvalue weighted by Crippen LogP contribution is 2.58. The number of aromatic hydroxyl groups is 2. The molecule has 0 radical (unpaired) electrons. The average molecular weight is 433 g/mol. The van der Waals surface area contributed by atoms with Crippen molar-refractivity contribution in [2.75, 3.05) is 11.5 Å². The largest absolute Gasteiger partial charge is 0.506 e. The molecule has 0 heterocycles. The van der Waals surface area contributed by atoms with Crippen molar-refractivity contribution in [1.29, 1.82) is 0 Å². The molecule has 0 unspecified atom stereocenters. The van der Waals surface area contributed by atoms with E-state index in [4.69, 9.17) is 17.9 Å². The summed E-state index contributed by atoms with van der Waals surface area (Å²) >= 11 is 0. The van der Waals surface area contributed by atoms with Gasteiger partial charge in [-0.3, -0.25) is 0 Å². The Hall–Kier alpha value is -4.36. The quantitative estimate of drug-likeness (QED) is 0.175. The van der Waals surface area contributed by atoms with Crippen LogP contribution in [0.4, 0.5) is 11.4 Å². The van der Waals surface area contributed by atoms with E-state index in [9.17, 15) is 10.2 Å². The molecule has 0 aliphatic heterocycles. The molecule has 0 aromatic heterocycles. The van der Waals surface area contributed by atoms with Crippen LogP contribution in [0, 0.1) is 26.2 Å². The van der Waals surface area contributed by atoms with Crippen molar-refractivity contribution in [1.82, 2.24) is 0 Å². The van der Waals surface area contributed by atoms with Gasteiger partial charge in [0.1, 0.15) is 11.5 Å². The number of hydrogen-bond donors (Lipinski definition) is 4. The van der Waals surface area contributed by atoms with Gasteiger partial charge in [-0.2, -0.15) is 0 Å². The van der Waals surface area contributed by atoms with Crippen LogP contribution in [0.25, 0.3) is 11.1 Å². The molecular formula is C29H24N2O2. The molecule has 0 amide bonds. The van der Waals surface area contributed by atoms with Crippen LogP contribution in [-0.4, -0.2) is 10.2 Å². The Morgan fingerprint density at radius 1 is 0.758 bits per heavy atom. The number of rotatable bonds is 2. The average Bonchev–Trinajstić information content (AvgIpc) is 3.12. The summed E-state index contributed by atoms with van der Waals surface area (Å²) in [6, 6.07) is 21.7. The van der Waals surface area contributed by atoms with Crippen molar-refractivity contribution in [2.24, 2.45) is 0 Å². The Morgan fingerprint density at radius 2 is 1.30 bits per heavy atom. The maximum absolute atomic E-state index is 10.4. The molecule has 1 aliphatic rings. The smallest absolute Gasteiger partial charge is 0.141 e. The molecule has 4 aromatic carbocycles. The van der Waals surface area contributed by atoms with Crippen molar-refractivity contribution in [3.63, 3.8) is 0 Å². The number of aryl methyl sites for hydroxylation is 2. The lowest BCUT2D eigenvalue weighted by Crippen LogP contribution is -2.30. The van der Waals surface area contributed by atoms with Crippen molar-refractivity contribution in [3.8, 4) is 35.0 Å². The highest BCUT2D eigenvalue weighted by Gasteiger charge is 2.48. The summed E-state index contributed by atoms with van der Waals surface area (Å²) < 4.78 is 0. The molecule has 0 bridgehead atoms. The van der Waals surface area contributed by atoms with Gasteiger partial charge in [0.25, 0.3) is 0 Å². The normalized spacial score (nSPS) is 13.2. The minimum Gasteiger partial charge on any atom is -0.506 e. The molecule has 162 valence electrons. The first-order valence-corrected chi connectivity index (χ1v) is 10.7. The predicted molar refractivity (Wildman–Crippen MR) is 133 cm³/mol. The van der Waals surface area contributed by atoms with E-state index in [-0.39, 0.29) is 22.9 Å². The van der Waals surface area contributed by atoms with Crippen molar-refractivity contribution in [2.45, 2.75) is 19.3 Å². The summed E-state index contributed by atoms with van der Waals surface area (Å²) in [7, 11) is 0. The molecular weight excluding hydrogens is 408 g/mol. The first-order valence-electron chi connectivity index (χ1n) is 10.7. The number of anilines is 2. The lowest BCUT2D eigenvalue weighted by Gasteiger charge is -2.35. The third-order valence-electron chi connectivity index (χ3n) is 6.74. The van der Waals surface area contributed by atoms with E-state index in [1.807, 2.05) is 50.2 Å². The molecule has 0 atom stereocenters. The Labute approximate surface area is 193 Å². The molecule has 0 spiro atoms. The van der Waals surface area contributed by atoms with E-state index in [1.54, 1.807) is 12.1 Å². The predicted octanol–water partition coefficient (Wildman–Crippen LogP) is 5.22. The molecule has 5 rings (SSSR count). The van der Waals surface area contributed by atoms with Gasteiger partial charge in [-0.15, -0.1) is 6.42 Å². The van der Waals surface area contributed by atoms with Crippen LogP contribution in [0.3, 0.4) is 0 Å². The summed E-state index contributed by atoms with van der Waals surface area (Å²) in [6.07, 6.45) is 6.02. The van der Waals surface area contributed by atoms with Crippen LogP contribution >= 0.6 is 0 Å². The van der Waals surface area contributed by atoms with Gasteiger partial charge in [-0.1, -0.05) is 54.5 Å². The van der Waals surface area contributed by atoms with E-state index >= 15 is 0 Å². The minimum absolute atomic E-state index is 0.0621. The lowest BCUT2D eigenvalue weighted by atomic mass is 9.66. The standard InChI is InChI=1S/C29H24N2O2/c1-4-18-8-7-10-22-21-9-5-6-11-23(21)29(26(18)22,19-12-16(2)27(32)24(30)14-19)20-13-17(3)28(33)25(31)15-20/h1,5-15,32-33H,30-31H2,2-3H3. The Morgan fingerprint density at radius 3 is 1.85 bits per heavy atom. The lowest BCUT2D eigenvalue weighted by molar-refractivity contribution is 0.473. The van der Waals surface area contributed by atoms with Gasteiger partial charge in [-0.05, 0) is 76.6 Å². The number of phenolic OH excluding ortho intramolecular Hbond substituents is 2. The summed E-state index contributed by atoms with van der Waals surface area (Å²) in [5.41, 5.74) is 20.2. The van der Waals surface area contributed by atoms with Crippen LogP contribution in [0.1, 0.15) is 38.9 Å². The van der Waals surface area contributed by atoms with Crippen LogP contribution in [0.15, 0.2) is 66.7 Å². The molecule has 4 heteroatoms. The number of benzene rings is 4. The fraction of sp³-hybridized carbons (Fsp3) is 0.103. The Kier molecular flexibility index (Phi) is 4.41. The molecule has 0 fully saturated rings. The zero-order valence-corrected chi connectivity index (χ0v) is 18.5. The van der Waals surface area contributed by atoms with Gasteiger partial charge >= 0.3 is 0 Å². The molecule has 1 aliphatic carbocycles. The first kappa shape index (κ1) is 20.5. The topological polar surface area (TPSA) is 92.5 Å². The van der Waals surface area contributed by atoms with Gasteiger partial charge in [0.2, 0.25) is 0 Å². The Bertz CT molecular complexity index is 1390. The van der Waals surface area contributed by atoms with E-state index in [0.29, 0.717) is 11.1 Å².